The van der Waals surface area contributed by atoms with E-state index in [1.54, 1.807) is 15.9 Å². The molecule has 1 fully saturated rings. The van der Waals surface area contributed by atoms with Crippen LogP contribution in [0.25, 0.3) is 11.0 Å². The van der Waals surface area contributed by atoms with Crippen molar-refractivity contribution in [2.75, 3.05) is 26.2 Å². The maximum Gasteiger partial charge on any atom is 0.290 e. The Balaban J connectivity index is 1.46. The highest BCUT2D eigenvalue weighted by molar-refractivity contribution is 5.99. The highest BCUT2D eigenvalue weighted by atomic mass is 19.1. The lowest BCUT2D eigenvalue weighted by atomic mass is 10.1. The molecule has 1 aromatic heterocycles. The van der Waals surface area contributed by atoms with Crippen molar-refractivity contribution in [3.8, 4) is 0 Å². The molecular weight excluding hydrogens is 347 g/mol. The van der Waals surface area contributed by atoms with Crippen LogP contribution >= 0.6 is 0 Å². The largest absolute Gasteiger partial charge is 0.451 e. The molecular formula is C21H19FN2O3. The predicted molar refractivity (Wildman–Crippen MR) is 99.2 cm³/mol. The maximum absolute atomic E-state index is 13.3. The van der Waals surface area contributed by atoms with Crippen LogP contribution in [0.1, 0.15) is 26.5 Å². The van der Waals surface area contributed by atoms with Gasteiger partial charge < -0.3 is 14.2 Å². The minimum Gasteiger partial charge on any atom is -0.451 e. The third kappa shape index (κ3) is 3.18. The number of fused-ring (bicyclic) bond motifs is 1. The number of para-hydroxylation sites is 1. The molecule has 0 saturated carbocycles. The van der Waals surface area contributed by atoms with Gasteiger partial charge in [0.1, 0.15) is 11.4 Å². The van der Waals surface area contributed by atoms with Gasteiger partial charge in [0.2, 0.25) is 0 Å². The second kappa shape index (κ2) is 6.87. The Morgan fingerprint density at radius 2 is 1.59 bits per heavy atom. The Morgan fingerprint density at radius 1 is 0.926 bits per heavy atom. The molecule has 0 bridgehead atoms. The van der Waals surface area contributed by atoms with Crippen LogP contribution in [0.5, 0.6) is 0 Å². The van der Waals surface area contributed by atoms with Crippen LogP contribution in [0.15, 0.2) is 52.9 Å². The van der Waals surface area contributed by atoms with Crippen LogP contribution in [0.4, 0.5) is 4.39 Å². The number of hydrogen-bond acceptors (Lipinski definition) is 3. The summed E-state index contributed by atoms with van der Waals surface area (Å²) < 4.78 is 19.1. The Hall–Kier alpha value is -3.15. The molecule has 3 aromatic rings. The van der Waals surface area contributed by atoms with Crippen LogP contribution in [0.3, 0.4) is 0 Å². The van der Waals surface area contributed by atoms with Crippen molar-refractivity contribution in [3.63, 3.8) is 0 Å². The van der Waals surface area contributed by atoms with Crippen molar-refractivity contribution >= 4 is 22.8 Å². The number of carbonyl (C=O) groups is 2. The van der Waals surface area contributed by atoms with Gasteiger partial charge in [-0.15, -0.1) is 0 Å². The first kappa shape index (κ1) is 17.3. The molecule has 2 amide bonds. The average Bonchev–Trinajstić information content (AvgIpc) is 3.04. The van der Waals surface area contributed by atoms with Gasteiger partial charge in [0.25, 0.3) is 11.8 Å². The van der Waals surface area contributed by atoms with Gasteiger partial charge in [-0.25, -0.2) is 4.39 Å². The Morgan fingerprint density at radius 3 is 2.26 bits per heavy atom. The quantitative estimate of drug-likeness (QED) is 0.698. The van der Waals surface area contributed by atoms with E-state index in [-0.39, 0.29) is 11.8 Å². The van der Waals surface area contributed by atoms with Crippen molar-refractivity contribution in [3.05, 3.63) is 71.2 Å². The summed E-state index contributed by atoms with van der Waals surface area (Å²) >= 11 is 0. The monoisotopic (exact) mass is 366 g/mol. The van der Waals surface area contributed by atoms with Crippen LogP contribution in [0, 0.1) is 12.7 Å². The number of amides is 2. The molecule has 1 aliphatic rings. The number of piperazine rings is 1. The van der Waals surface area contributed by atoms with E-state index in [0.717, 1.165) is 10.9 Å². The summed E-state index contributed by atoms with van der Waals surface area (Å²) in [5.74, 6) is -0.473. The van der Waals surface area contributed by atoms with Crippen molar-refractivity contribution in [1.82, 2.24) is 9.80 Å². The number of carbonyl (C=O) groups excluding carboxylic acids is 2. The fraction of sp³-hybridized carbons (Fsp3) is 0.238. The van der Waals surface area contributed by atoms with Crippen molar-refractivity contribution in [2.45, 2.75) is 6.92 Å². The molecule has 2 heterocycles. The van der Waals surface area contributed by atoms with Gasteiger partial charge >= 0.3 is 0 Å². The van der Waals surface area contributed by atoms with E-state index in [0.29, 0.717) is 43.1 Å². The van der Waals surface area contributed by atoms with Crippen LogP contribution in [0.2, 0.25) is 0 Å². The Bertz CT molecular complexity index is 1020. The summed E-state index contributed by atoms with van der Waals surface area (Å²) in [6.45, 7) is 3.51. The lowest BCUT2D eigenvalue weighted by Gasteiger charge is -2.34. The maximum atomic E-state index is 13.3. The highest BCUT2D eigenvalue weighted by Crippen LogP contribution is 2.26. The normalized spacial score (nSPS) is 14.6. The summed E-state index contributed by atoms with van der Waals surface area (Å²) in [5, 5.41) is 0.931. The topological polar surface area (TPSA) is 53.8 Å². The van der Waals surface area contributed by atoms with Gasteiger partial charge in [-0.1, -0.05) is 24.3 Å². The van der Waals surface area contributed by atoms with E-state index in [1.165, 1.54) is 18.2 Å². The fourth-order valence-corrected chi connectivity index (χ4v) is 3.44. The van der Waals surface area contributed by atoms with E-state index in [1.807, 2.05) is 31.2 Å². The number of aryl methyl sites for hydroxylation is 1. The summed E-state index contributed by atoms with van der Waals surface area (Å²) in [4.78, 5) is 28.7. The number of rotatable bonds is 2. The summed E-state index contributed by atoms with van der Waals surface area (Å²) in [6, 6.07) is 13.2. The fourth-order valence-electron chi connectivity index (χ4n) is 3.44. The summed E-state index contributed by atoms with van der Waals surface area (Å²) in [6.07, 6.45) is 0. The van der Waals surface area contributed by atoms with Gasteiger partial charge in [0, 0.05) is 42.7 Å². The smallest absolute Gasteiger partial charge is 0.290 e. The molecule has 4 rings (SSSR count). The zero-order chi connectivity index (χ0) is 19.0. The van der Waals surface area contributed by atoms with Crippen molar-refractivity contribution < 1.29 is 18.4 Å². The van der Waals surface area contributed by atoms with Crippen molar-refractivity contribution in [1.29, 1.82) is 0 Å². The third-order valence-electron chi connectivity index (χ3n) is 4.96. The molecule has 0 unspecified atom stereocenters. The molecule has 138 valence electrons. The molecule has 27 heavy (non-hydrogen) atoms. The lowest BCUT2D eigenvalue weighted by Crippen LogP contribution is -2.50. The van der Waals surface area contributed by atoms with Gasteiger partial charge in [-0.3, -0.25) is 9.59 Å². The van der Waals surface area contributed by atoms with E-state index in [2.05, 4.69) is 0 Å². The number of benzene rings is 2. The molecule has 6 heteroatoms. The standard InChI is InChI=1S/C21H19FN2O3/c1-14-17-7-2-3-8-18(17)27-19(14)21(26)24-11-9-23(10-12-24)20(25)15-5-4-6-16(22)13-15/h2-8,13H,9-12H2,1H3. The second-order valence-electron chi connectivity index (χ2n) is 6.65. The summed E-state index contributed by atoms with van der Waals surface area (Å²) in [7, 11) is 0. The summed E-state index contributed by atoms with van der Waals surface area (Å²) in [5.41, 5.74) is 1.84. The Labute approximate surface area is 156 Å². The number of halogens is 1. The van der Waals surface area contributed by atoms with E-state index in [9.17, 15) is 14.0 Å². The number of hydrogen-bond donors (Lipinski definition) is 0. The van der Waals surface area contributed by atoms with Gasteiger partial charge in [-0.2, -0.15) is 0 Å². The zero-order valence-electron chi connectivity index (χ0n) is 14.9. The predicted octanol–water partition coefficient (Wildman–Crippen LogP) is 3.48. The van der Waals surface area contributed by atoms with Crippen LogP contribution in [-0.2, 0) is 0 Å². The van der Waals surface area contributed by atoms with E-state index in [4.69, 9.17) is 4.42 Å². The van der Waals surface area contributed by atoms with Gasteiger partial charge in [0.05, 0.1) is 0 Å². The SMILES string of the molecule is Cc1c(C(=O)N2CCN(C(=O)c3cccc(F)c3)CC2)oc2ccccc12. The molecule has 0 atom stereocenters. The Kier molecular flexibility index (Phi) is 4.39. The minimum absolute atomic E-state index is 0.165. The van der Waals surface area contributed by atoms with Gasteiger partial charge in [0.15, 0.2) is 5.76 Å². The molecule has 0 N–H and O–H groups in total. The van der Waals surface area contributed by atoms with E-state index >= 15 is 0 Å². The highest BCUT2D eigenvalue weighted by Gasteiger charge is 2.28. The van der Waals surface area contributed by atoms with Crippen LogP contribution in [-0.4, -0.2) is 47.8 Å². The molecule has 0 radical (unpaired) electrons. The van der Waals surface area contributed by atoms with Crippen LogP contribution < -0.4 is 0 Å². The molecule has 0 aliphatic carbocycles. The van der Waals surface area contributed by atoms with Gasteiger partial charge in [-0.05, 0) is 31.2 Å². The lowest BCUT2D eigenvalue weighted by molar-refractivity contribution is 0.0518. The first-order valence-electron chi connectivity index (χ1n) is 8.87. The minimum atomic E-state index is -0.435. The molecule has 1 aliphatic heterocycles. The van der Waals surface area contributed by atoms with Crippen molar-refractivity contribution in [2.24, 2.45) is 0 Å². The molecule has 2 aromatic carbocycles. The second-order valence-corrected chi connectivity index (χ2v) is 6.65. The molecule has 1 saturated heterocycles. The third-order valence-corrected chi connectivity index (χ3v) is 4.96. The molecule has 0 spiro atoms. The van der Waals surface area contributed by atoms with E-state index < -0.39 is 5.82 Å². The molecule has 5 nitrogen and oxygen atoms in total. The number of furan rings is 1. The number of nitrogens with zero attached hydrogens (tertiary/aromatic N) is 2. The average molecular weight is 366 g/mol. The first-order chi connectivity index (χ1) is 13.0. The first-order valence-corrected chi connectivity index (χ1v) is 8.87. The zero-order valence-corrected chi connectivity index (χ0v) is 14.9.